The van der Waals surface area contributed by atoms with Crippen LogP contribution in [0.3, 0.4) is 0 Å². The zero-order valence-electron chi connectivity index (χ0n) is 14.9. The molecule has 0 spiro atoms. The van der Waals surface area contributed by atoms with Crippen molar-refractivity contribution in [3.05, 3.63) is 51.7 Å². The van der Waals surface area contributed by atoms with E-state index in [0.717, 1.165) is 40.9 Å². The average molecular weight is 479 g/mol. The number of nitrogens with one attached hydrogen (secondary N) is 1. The van der Waals surface area contributed by atoms with Crippen LogP contribution in [0.15, 0.2) is 47.8 Å². The lowest BCUT2D eigenvalue weighted by atomic mass is 10.1. The van der Waals surface area contributed by atoms with Crippen LogP contribution in [0.4, 0.5) is 11.5 Å². The highest BCUT2D eigenvalue weighted by atomic mass is 127. The molecular weight excluding hydrogens is 457 g/mol. The van der Waals surface area contributed by atoms with Crippen LogP contribution in [-0.4, -0.2) is 36.4 Å². The van der Waals surface area contributed by atoms with Crippen LogP contribution in [0.25, 0.3) is 0 Å². The van der Waals surface area contributed by atoms with Gasteiger partial charge in [0, 0.05) is 28.5 Å². The summed E-state index contributed by atoms with van der Waals surface area (Å²) in [6.07, 6.45) is 5.27. The molecule has 0 bridgehead atoms. The average Bonchev–Trinajstić information content (AvgIpc) is 2.70. The Balaban J connectivity index is 1.59. The Morgan fingerprint density at radius 2 is 1.96 bits per heavy atom. The molecule has 0 aliphatic carbocycles. The van der Waals surface area contributed by atoms with Gasteiger partial charge in [0.1, 0.15) is 5.82 Å². The van der Waals surface area contributed by atoms with Crippen LogP contribution in [0.1, 0.15) is 24.8 Å². The van der Waals surface area contributed by atoms with E-state index >= 15 is 0 Å². The summed E-state index contributed by atoms with van der Waals surface area (Å²) < 4.78 is 1.10. The number of aromatic nitrogens is 1. The molecule has 7 nitrogen and oxygen atoms in total. The smallest absolute Gasteiger partial charge is 0.265 e. The van der Waals surface area contributed by atoms with Crippen LogP contribution in [0, 0.1) is 3.57 Å². The maximum atomic E-state index is 12.0. The highest BCUT2D eigenvalue weighted by Gasteiger charge is 2.17. The van der Waals surface area contributed by atoms with E-state index < -0.39 is 0 Å². The number of nitrogens with two attached hydrogens (primary N) is 1. The number of carbonyl (C=O) groups excluding carboxylic acids is 1. The van der Waals surface area contributed by atoms with Crippen LogP contribution >= 0.6 is 22.6 Å². The number of rotatable bonds is 6. The van der Waals surface area contributed by atoms with Crippen molar-refractivity contribution in [2.75, 3.05) is 29.9 Å². The lowest BCUT2D eigenvalue weighted by molar-refractivity contribution is -0.120. The number of nitrogens with zero attached hydrogens (tertiary/aromatic N) is 3. The molecule has 0 unspecified atom stereocenters. The zero-order chi connectivity index (χ0) is 19.1. The molecule has 8 heteroatoms. The van der Waals surface area contributed by atoms with Gasteiger partial charge in [0.25, 0.3) is 5.91 Å². The molecule has 2 heterocycles. The van der Waals surface area contributed by atoms with Gasteiger partial charge >= 0.3 is 0 Å². The summed E-state index contributed by atoms with van der Waals surface area (Å²) >= 11 is 2.21. The zero-order valence-corrected chi connectivity index (χ0v) is 17.1. The minimum absolute atomic E-state index is 0.214. The molecule has 142 valence electrons. The standard InChI is InChI=1S/C19H22IN5O2/c20-14-6-8-15(9-7-14)23-17(26)13-27-24-18(21)16-5-4-10-22-19(16)25-11-2-1-3-12-25/h4-10H,1-3,11-13H2,(H2,21,24)(H,23,26). The number of oxime groups is 1. The number of anilines is 2. The van der Waals surface area contributed by atoms with Crippen molar-refractivity contribution < 1.29 is 9.63 Å². The van der Waals surface area contributed by atoms with E-state index in [0.29, 0.717) is 5.69 Å². The minimum Gasteiger partial charge on any atom is -0.384 e. The van der Waals surface area contributed by atoms with E-state index in [9.17, 15) is 4.79 Å². The molecule has 1 aliphatic rings. The van der Waals surface area contributed by atoms with Crippen LogP contribution in [-0.2, 0) is 9.63 Å². The first kappa shape index (κ1) is 19.4. The summed E-state index contributed by atoms with van der Waals surface area (Å²) in [5.41, 5.74) is 7.51. The number of benzene rings is 1. The van der Waals surface area contributed by atoms with Crippen molar-refractivity contribution in [2.45, 2.75) is 19.3 Å². The molecule has 3 rings (SSSR count). The number of amidine groups is 1. The van der Waals surface area contributed by atoms with Crippen molar-refractivity contribution in [2.24, 2.45) is 10.9 Å². The number of hydrogen-bond acceptors (Lipinski definition) is 5. The number of hydrogen-bond donors (Lipinski definition) is 2. The summed E-state index contributed by atoms with van der Waals surface area (Å²) in [5.74, 6) is 0.728. The van der Waals surface area contributed by atoms with Crippen LogP contribution in [0.5, 0.6) is 0 Å². The number of amides is 1. The van der Waals surface area contributed by atoms with Gasteiger partial charge in [-0.25, -0.2) is 4.98 Å². The Labute approximate surface area is 172 Å². The Morgan fingerprint density at radius 3 is 2.70 bits per heavy atom. The molecule has 1 aliphatic heterocycles. The molecule has 1 aromatic carbocycles. The van der Waals surface area contributed by atoms with Gasteiger partial charge in [-0.15, -0.1) is 0 Å². The first-order valence-electron chi connectivity index (χ1n) is 8.84. The van der Waals surface area contributed by atoms with Gasteiger partial charge < -0.3 is 20.8 Å². The van der Waals surface area contributed by atoms with Gasteiger partial charge in [-0.2, -0.15) is 0 Å². The van der Waals surface area contributed by atoms with E-state index in [4.69, 9.17) is 10.6 Å². The summed E-state index contributed by atoms with van der Waals surface area (Å²) in [7, 11) is 0. The molecule has 1 saturated heterocycles. The highest BCUT2D eigenvalue weighted by molar-refractivity contribution is 14.1. The minimum atomic E-state index is -0.296. The topological polar surface area (TPSA) is 92.8 Å². The summed E-state index contributed by atoms with van der Waals surface area (Å²) in [4.78, 5) is 23.8. The predicted molar refractivity (Wildman–Crippen MR) is 115 cm³/mol. The maximum Gasteiger partial charge on any atom is 0.265 e. The Kier molecular flexibility index (Phi) is 6.86. The van der Waals surface area contributed by atoms with E-state index in [2.05, 4.69) is 42.9 Å². The Bertz CT molecular complexity index is 804. The second-order valence-corrected chi connectivity index (χ2v) is 7.47. The second kappa shape index (κ2) is 9.54. The molecule has 3 N–H and O–H groups in total. The Morgan fingerprint density at radius 1 is 1.22 bits per heavy atom. The first-order chi connectivity index (χ1) is 13.1. The molecule has 0 radical (unpaired) electrons. The molecule has 1 fully saturated rings. The van der Waals surface area contributed by atoms with Gasteiger partial charge in [-0.3, -0.25) is 4.79 Å². The molecule has 0 atom stereocenters. The van der Waals surface area contributed by atoms with Crippen molar-refractivity contribution in [3.63, 3.8) is 0 Å². The third-order valence-corrected chi connectivity index (χ3v) is 4.92. The van der Waals surface area contributed by atoms with Gasteiger partial charge in [0.2, 0.25) is 0 Å². The van der Waals surface area contributed by atoms with Gasteiger partial charge in [-0.05, 0) is 78.3 Å². The number of pyridine rings is 1. The maximum absolute atomic E-state index is 12.0. The summed E-state index contributed by atoms with van der Waals surface area (Å²) in [6.45, 7) is 1.69. The monoisotopic (exact) mass is 479 g/mol. The SMILES string of the molecule is N/C(=N\OCC(=O)Nc1ccc(I)cc1)c1cccnc1N1CCCCC1. The van der Waals surface area contributed by atoms with E-state index in [1.54, 1.807) is 6.20 Å². The fraction of sp³-hybridized carbons (Fsp3) is 0.316. The largest absolute Gasteiger partial charge is 0.384 e. The van der Waals surface area contributed by atoms with Crippen molar-refractivity contribution in [1.29, 1.82) is 0 Å². The predicted octanol–water partition coefficient (Wildman–Crippen LogP) is 2.95. The van der Waals surface area contributed by atoms with E-state index in [-0.39, 0.29) is 18.3 Å². The first-order valence-corrected chi connectivity index (χ1v) is 9.92. The third-order valence-electron chi connectivity index (χ3n) is 4.20. The van der Waals surface area contributed by atoms with Crippen molar-refractivity contribution >= 4 is 45.8 Å². The fourth-order valence-electron chi connectivity index (χ4n) is 2.89. The fourth-order valence-corrected chi connectivity index (χ4v) is 3.25. The van der Waals surface area contributed by atoms with E-state index in [1.807, 2.05) is 36.4 Å². The van der Waals surface area contributed by atoms with Gasteiger partial charge in [0.05, 0.1) is 5.56 Å². The lowest BCUT2D eigenvalue weighted by Crippen LogP contribution is -2.32. The van der Waals surface area contributed by atoms with Crippen LogP contribution in [0.2, 0.25) is 0 Å². The molecular formula is C19H22IN5O2. The normalized spacial score (nSPS) is 14.7. The number of piperidine rings is 1. The number of carbonyl (C=O) groups is 1. The lowest BCUT2D eigenvalue weighted by Gasteiger charge is -2.29. The summed E-state index contributed by atoms with van der Waals surface area (Å²) in [6, 6.07) is 11.2. The molecule has 0 saturated carbocycles. The Hall–Kier alpha value is -2.36. The molecule has 1 amide bonds. The van der Waals surface area contributed by atoms with Crippen LogP contribution < -0.4 is 16.0 Å². The number of halogens is 1. The van der Waals surface area contributed by atoms with Gasteiger partial charge in [-0.1, -0.05) is 5.16 Å². The molecule has 1 aromatic heterocycles. The highest BCUT2D eigenvalue weighted by Crippen LogP contribution is 2.21. The molecule has 2 aromatic rings. The summed E-state index contributed by atoms with van der Waals surface area (Å²) in [5, 5.41) is 6.66. The molecule has 27 heavy (non-hydrogen) atoms. The van der Waals surface area contributed by atoms with Gasteiger partial charge in [0.15, 0.2) is 12.4 Å². The third kappa shape index (κ3) is 5.56. The van der Waals surface area contributed by atoms with E-state index in [1.165, 1.54) is 6.42 Å². The van der Waals surface area contributed by atoms with Crippen molar-refractivity contribution in [1.82, 2.24) is 4.98 Å². The second-order valence-electron chi connectivity index (χ2n) is 6.23. The quantitative estimate of drug-likeness (QED) is 0.288. The van der Waals surface area contributed by atoms with Crippen molar-refractivity contribution in [3.8, 4) is 0 Å².